The lowest BCUT2D eigenvalue weighted by atomic mass is 10.1. The van der Waals surface area contributed by atoms with Crippen LogP contribution in [0.2, 0.25) is 0 Å². The molecule has 2 aromatic rings. The Kier molecular flexibility index (Phi) is 7.54. The van der Waals surface area contributed by atoms with E-state index in [1.165, 1.54) is 33.4 Å². The normalized spacial score (nSPS) is 12.2. The number of rotatable bonds is 8. The van der Waals surface area contributed by atoms with Crippen molar-refractivity contribution in [2.45, 2.75) is 19.9 Å². The van der Waals surface area contributed by atoms with Gasteiger partial charge in [-0.25, -0.2) is 8.42 Å². The van der Waals surface area contributed by atoms with Crippen LogP contribution in [0, 0.1) is 0 Å². The zero-order valence-electron chi connectivity index (χ0n) is 17.0. The highest BCUT2D eigenvalue weighted by atomic mass is 79.9. The van der Waals surface area contributed by atoms with Gasteiger partial charge in [0.2, 0.25) is 10.0 Å². The van der Waals surface area contributed by atoms with E-state index in [1.54, 1.807) is 6.92 Å². The maximum atomic E-state index is 13.1. The number of carbonyl (C=O) groups is 1. The van der Waals surface area contributed by atoms with E-state index in [-0.39, 0.29) is 23.0 Å². The number of sulfonamides is 1. The van der Waals surface area contributed by atoms with Crippen molar-refractivity contribution < 1.29 is 22.7 Å². The van der Waals surface area contributed by atoms with Gasteiger partial charge in [-0.05, 0) is 37.6 Å². The number of amides is 1. The summed E-state index contributed by atoms with van der Waals surface area (Å²) in [6.07, 6.45) is 0. The maximum absolute atomic E-state index is 13.1. The van der Waals surface area contributed by atoms with E-state index in [0.717, 1.165) is 14.3 Å². The Balaban J connectivity index is 2.49. The highest BCUT2D eigenvalue weighted by molar-refractivity contribution is 9.10. The molecule has 1 N–H and O–H groups in total. The number of halogens is 1. The van der Waals surface area contributed by atoms with Gasteiger partial charge in [0.15, 0.2) is 11.5 Å². The summed E-state index contributed by atoms with van der Waals surface area (Å²) >= 11 is 3.42. The average Bonchev–Trinajstić information content (AvgIpc) is 2.71. The molecule has 0 aliphatic heterocycles. The molecule has 0 saturated carbocycles. The van der Waals surface area contributed by atoms with Crippen molar-refractivity contribution in [1.82, 2.24) is 5.32 Å². The van der Waals surface area contributed by atoms with Gasteiger partial charge in [-0.1, -0.05) is 28.1 Å². The fraction of sp³-hybridized carbons (Fsp3) is 0.350. The second kappa shape index (κ2) is 9.49. The minimum atomic E-state index is -3.59. The van der Waals surface area contributed by atoms with Crippen molar-refractivity contribution in [2.24, 2.45) is 0 Å². The molecule has 29 heavy (non-hydrogen) atoms. The van der Waals surface area contributed by atoms with Crippen LogP contribution in [0.4, 0.5) is 5.69 Å². The molecule has 0 aliphatic rings. The van der Waals surface area contributed by atoms with Crippen LogP contribution in [0.5, 0.6) is 11.5 Å². The van der Waals surface area contributed by atoms with Crippen LogP contribution >= 0.6 is 15.9 Å². The van der Waals surface area contributed by atoms with Crippen LogP contribution in [-0.2, 0) is 10.0 Å². The quantitative estimate of drug-likeness (QED) is 0.616. The zero-order valence-corrected chi connectivity index (χ0v) is 19.4. The Morgan fingerprint density at radius 1 is 1.17 bits per heavy atom. The monoisotopic (exact) mass is 484 g/mol. The molecule has 0 aromatic heterocycles. The first-order valence-electron chi connectivity index (χ1n) is 8.93. The van der Waals surface area contributed by atoms with Crippen molar-refractivity contribution in [1.29, 1.82) is 0 Å². The summed E-state index contributed by atoms with van der Waals surface area (Å²) in [5.74, 6) is 0.135. The molecule has 7 nitrogen and oxygen atoms in total. The summed E-state index contributed by atoms with van der Waals surface area (Å²) in [4.78, 5) is 13.1. The highest BCUT2D eigenvalue weighted by Crippen LogP contribution is 2.36. The molecule has 2 aromatic carbocycles. The largest absolute Gasteiger partial charge is 0.493 e. The molecule has 0 saturated heterocycles. The molecule has 1 unspecified atom stereocenters. The third-order valence-electron chi connectivity index (χ3n) is 4.56. The average molecular weight is 485 g/mol. The second-order valence-corrected chi connectivity index (χ2v) is 9.55. The summed E-state index contributed by atoms with van der Waals surface area (Å²) in [6, 6.07) is 10.3. The highest BCUT2D eigenvalue weighted by Gasteiger charge is 2.25. The van der Waals surface area contributed by atoms with Crippen LogP contribution in [0.25, 0.3) is 0 Å². The number of methoxy groups -OCH3 is 2. The van der Waals surface area contributed by atoms with E-state index in [1.807, 2.05) is 31.2 Å². The molecule has 1 atom stereocenters. The molecule has 0 fully saturated rings. The molecule has 0 bridgehead atoms. The number of ether oxygens (including phenoxy) is 2. The lowest BCUT2D eigenvalue weighted by molar-refractivity contribution is 0.0940. The first-order chi connectivity index (χ1) is 13.6. The van der Waals surface area contributed by atoms with E-state index < -0.39 is 15.9 Å². The van der Waals surface area contributed by atoms with Crippen LogP contribution in [-0.4, -0.2) is 41.3 Å². The molecule has 1 amide bonds. The first-order valence-corrected chi connectivity index (χ1v) is 11.3. The molecule has 2 rings (SSSR count). The summed E-state index contributed by atoms with van der Waals surface area (Å²) in [7, 11) is 0.728. The topological polar surface area (TPSA) is 84.9 Å². The van der Waals surface area contributed by atoms with Crippen LogP contribution in [0.3, 0.4) is 0 Å². The van der Waals surface area contributed by atoms with Crippen molar-refractivity contribution in [2.75, 3.05) is 31.3 Å². The molecule has 0 aliphatic carbocycles. The van der Waals surface area contributed by atoms with Crippen LogP contribution in [0.1, 0.15) is 35.8 Å². The van der Waals surface area contributed by atoms with Crippen molar-refractivity contribution in [3.05, 3.63) is 52.0 Å². The summed E-state index contributed by atoms with van der Waals surface area (Å²) < 4.78 is 37.4. The molecule has 9 heteroatoms. The number of carbonyl (C=O) groups excluding carboxylic acids is 1. The molecule has 0 radical (unpaired) electrons. The molecular weight excluding hydrogens is 460 g/mol. The maximum Gasteiger partial charge on any atom is 0.254 e. The van der Waals surface area contributed by atoms with Gasteiger partial charge in [-0.2, -0.15) is 0 Å². The van der Waals surface area contributed by atoms with E-state index >= 15 is 0 Å². The molecule has 158 valence electrons. The van der Waals surface area contributed by atoms with Gasteiger partial charge in [0.1, 0.15) is 0 Å². The zero-order chi connectivity index (χ0) is 21.8. The van der Waals surface area contributed by atoms with Crippen molar-refractivity contribution >= 4 is 37.5 Å². The fourth-order valence-electron chi connectivity index (χ4n) is 2.79. The minimum absolute atomic E-state index is 0.104. The van der Waals surface area contributed by atoms with E-state index in [2.05, 4.69) is 21.2 Å². The second-order valence-electron chi connectivity index (χ2n) is 6.34. The van der Waals surface area contributed by atoms with Gasteiger partial charge >= 0.3 is 0 Å². The van der Waals surface area contributed by atoms with E-state index in [0.29, 0.717) is 11.5 Å². The standard InChI is InChI=1S/C20H25BrN2O5S/c1-6-29(25,26)23(3)17-12-19(28-5)18(27-4)11-16(17)20(24)22-13(2)14-8-7-9-15(21)10-14/h7-13H,6H2,1-5H3,(H,22,24). The van der Waals surface area contributed by atoms with Crippen LogP contribution < -0.4 is 19.1 Å². The Bertz CT molecular complexity index is 994. The third kappa shape index (κ3) is 5.22. The predicted octanol–water partition coefficient (Wildman–Crippen LogP) is 3.74. The van der Waals surface area contributed by atoms with Gasteiger partial charge in [0.05, 0.1) is 37.3 Å². The number of nitrogens with zero attached hydrogens (tertiary/aromatic N) is 1. The SMILES string of the molecule is CCS(=O)(=O)N(C)c1cc(OC)c(OC)cc1C(=O)NC(C)c1cccc(Br)c1. The Morgan fingerprint density at radius 3 is 2.34 bits per heavy atom. The number of anilines is 1. The van der Waals surface area contributed by atoms with Gasteiger partial charge < -0.3 is 14.8 Å². The van der Waals surface area contributed by atoms with Crippen molar-refractivity contribution in [3.63, 3.8) is 0 Å². The van der Waals surface area contributed by atoms with Gasteiger partial charge in [0.25, 0.3) is 5.91 Å². The van der Waals surface area contributed by atoms with E-state index in [4.69, 9.17) is 9.47 Å². The number of benzene rings is 2. The number of hydrogen-bond acceptors (Lipinski definition) is 5. The van der Waals surface area contributed by atoms with Gasteiger partial charge in [0, 0.05) is 17.6 Å². The lowest BCUT2D eigenvalue weighted by Gasteiger charge is -2.24. The Morgan fingerprint density at radius 2 is 1.79 bits per heavy atom. The fourth-order valence-corrected chi connectivity index (χ4v) is 4.04. The van der Waals surface area contributed by atoms with Crippen LogP contribution in [0.15, 0.2) is 40.9 Å². The summed E-state index contributed by atoms with van der Waals surface area (Å²) in [5, 5.41) is 2.92. The number of nitrogens with one attached hydrogen (secondary N) is 1. The van der Waals surface area contributed by atoms with Gasteiger partial charge in [-0.3, -0.25) is 9.10 Å². The first kappa shape index (κ1) is 23.0. The number of hydrogen-bond donors (Lipinski definition) is 1. The molecular formula is C20H25BrN2O5S. The lowest BCUT2D eigenvalue weighted by Crippen LogP contribution is -2.32. The van der Waals surface area contributed by atoms with Gasteiger partial charge in [-0.15, -0.1) is 0 Å². The Labute approximate surface area is 180 Å². The van der Waals surface area contributed by atoms with E-state index in [9.17, 15) is 13.2 Å². The minimum Gasteiger partial charge on any atom is -0.493 e. The molecule has 0 heterocycles. The predicted molar refractivity (Wildman–Crippen MR) is 117 cm³/mol. The Hall–Kier alpha value is -2.26. The smallest absolute Gasteiger partial charge is 0.254 e. The summed E-state index contributed by atoms with van der Waals surface area (Å²) in [6.45, 7) is 3.40. The third-order valence-corrected chi connectivity index (χ3v) is 6.82. The van der Waals surface area contributed by atoms with Crippen molar-refractivity contribution in [3.8, 4) is 11.5 Å². The summed E-state index contributed by atoms with van der Waals surface area (Å²) in [5.41, 5.74) is 1.29. The molecule has 0 spiro atoms.